The van der Waals surface area contributed by atoms with Gasteiger partial charge in [0.25, 0.3) is 0 Å². The van der Waals surface area contributed by atoms with Crippen molar-refractivity contribution in [1.82, 2.24) is 4.98 Å². The molecule has 0 amide bonds. The van der Waals surface area contributed by atoms with Gasteiger partial charge in [-0.1, -0.05) is 65.7 Å². The summed E-state index contributed by atoms with van der Waals surface area (Å²) in [4.78, 5) is 4.43. The second-order valence-corrected chi connectivity index (χ2v) is 3.30. The average molecular weight is 282 g/mol. The summed E-state index contributed by atoms with van der Waals surface area (Å²) in [5.74, 6) is 0. The van der Waals surface area contributed by atoms with Gasteiger partial charge in [0, 0.05) is 10.8 Å². The summed E-state index contributed by atoms with van der Waals surface area (Å²) < 4.78 is 0. The lowest BCUT2D eigenvalue weighted by atomic mass is 10.0. The van der Waals surface area contributed by atoms with E-state index < -0.39 is 0 Å². The lowest BCUT2D eigenvalue weighted by Gasteiger charge is -2.04. The molecule has 0 spiro atoms. The number of allylic oxidation sites excluding steroid dienone is 1. The van der Waals surface area contributed by atoms with Crippen LogP contribution in [0.25, 0.3) is 24.3 Å². The Morgan fingerprint density at radius 3 is 1.95 bits per heavy atom. The van der Waals surface area contributed by atoms with Crippen LogP contribution in [0.5, 0.6) is 0 Å². The maximum absolute atomic E-state index is 9.25. The minimum Gasteiger partial charge on any atom is -0.248 e. The average Bonchev–Trinajstić information content (AvgIpc) is 2.57. The Bertz CT molecular complexity index is 629. The van der Waals surface area contributed by atoms with Crippen molar-refractivity contribution in [3.05, 3.63) is 53.2 Å². The standard InChI is InChI=1S/C15H14N2.2C2H6/c1-5-9-15-12(7-3)13(10-16)11(6-2)14(8-4)17-15;2*1-2/h5-9H,1-2,4H2,3H3;2*1-2H3/b12-7-,15-9+;;. The highest BCUT2D eigenvalue weighted by atomic mass is 14.7. The maximum atomic E-state index is 9.25. The molecule has 1 heterocycles. The zero-order chi connectivity index (χ0) is 16.8. The lowest BCUT2D eigenvalue weighted by Crippen LogP contribution is -2.32. The van der Waals surface area contributed by atoms with Gasteiger partial charge in [0.05, 0.1) is 16.6 Å². The monoisotopic (exact) mass is 282 g/mol. The van der Waals surface area contributed by atoms with Gasteiger partial charge in [0.1, 0.15) is 6.07 Å². The quantitative estimate of drug-likeness (QED) is 0.838. The molecule has 0 saturated heterocycles. The van der Waals surface area contributed by atoms with Crippen LogP contribution in [0.4, 0.5) is 0 Å². The summed E-state index contributed by atoms with van der Waals surface area (Å²) >= 11 is 0. The molecule has 112 valence electrons. The number of rotatable bonds is 3. The number of pyridine rings is 1. The van der Waals surface area contributed by atoms with Gasteiger partial charge < -0.3 is 0 Å². The van der Waals surface area contributed by atoms with E-state index >= 15 is 0 Å². The summed E-state index contributed by atoms with van der Waals surface area (Å²) in [7, 11) is 0. The molecule has 2 nitrogen and oxygen atoms in total. The van der Waals surface area contributed by atoms with Gasteiger partial charge in [-0.15, -0.1) is 0 Å². The van der Waals surface area contributed by atoms with Crippen LogP contribution >= 0.6 is 0 Å². The molecule has 21 heavy (non-hydrogen) atoms. The normalized spacial score (nSPS) is 10.3. The summed E-state index contributed by atoms with van der Waals surface area (Å²) in [6.45, 7) is 20.9. The van der Waals surface area contributed by atoms with E-state index in [4.69, 9.17) is 0 Å². The molecule has 0 unspecified atom stereocenters. The molecule has 1 aromatic rings. The van der Waals surface area contributed by atoms with Gasteiger partial charge in [-0.05, 0) is 19.1 Å². The lowest BCUT2D eigenvalue weighted by molar-refractivity contribution is 1.17. The van der Waals surface area contributed by atoms with Crippen molar-refractivity contribution < 1.29 is 0 Å². The molecule has 0 aliphatic carbocycles. The molecule has 0 radical (unpaired) electrons. The fourth-order valence-electron chi connectivity index (χ4n) is 1.67. The predicted octanol–water partition coefficient (Wildman–Crippen LogP) is 4.06. The fourth-order valence-corrected chi connectivity index (χ4v) is 1.67. The van der Waals surface area contributed by atoms with Crippen molar-refractivity contribution in [3.63, 3.8) is 0 Å². The van der Waals surface area contributed by atoms with Crippen molar-refractivity contribution in [2.24, 2.45) is 0 Å². The minimum absolute atomic E-state index is 0.570. The van der Waals surface area contributed by atoms with Crippen LogP contribution in [-0.4, -0.2) is 4.98 Å². The highest BCUT2D eigenvalue weighted by molar-refractivity contribution is 5.67. The predicted molar refractivity (Wildman–Crippen MR) is 95.9 cm³/mol. The maximum Gasteiger partial charge on any atom is 0.101 e. The van der Waals surface area contributed by atoms with Crippen LogP contribution in [0.2, 0.25) is 0 Å². The Kier molecular flexibility index (Phi) is 12.6. The van der Waals surface area contributed by atoms with E-state index in [1.165, 1.54) is 0 Å². The fraction of sp³-hybridized carbons (Fsp3) is 0.263. The SMILES string of the molecule is C=C/C=c1/nc(C=C)c(C=C)c(C#N)/c1=C/C.CC.CC. The first-order valence-corrected chi connectivity index (χ1v) is 7.21. The molecule has 1 aromatic heterocycles. The van der Waals surface area contributed by atoms with Gasteiger partial charge in [0.15, 0.2) is 0 Å². The zero-order valence-corrected chi connectivity index (χ0v) is 13.9. The summed E-state index contributed by atoms with van der Waals surface area (Å²) in [6, 6.07) is 2.19. The van der Waals surface area contributed by atoms with Crippen LogP contribution in [0.15, 0.2) is 25.8 Å². The molecular weight excluding hydrogens is 256 g/mol. The number of aromatic nitrogens is 1. The number of nitrogens with zero attached hydrogens (tertiary/aromatic N) is 2. The van der Waals surface area contributed by atoms with Gasteiger partial charge in [-0.3, -0.25) is 0 Å². The first-order chi connectivity index (χ1) is 10.2. The first kappa shape index (κ1) is 20.9. The molecular formula is C19H26N2. The molecule has 0 fully saturated rings. The van der Waals surface area contributed by atoms with Gasteiger partial charge in [0.2, 0.25) is 0 Å². The van der Waals surface area contributed by atoms with Crippen molar-refractivity contribution in [1.29, 1.82) is 5.26 Å². The third-order valence-corrected chi connectivity index (χ3v) is 2.41. The van der Waals surface area contributed by atoms with Crippen LogP contribution in [0.1, 0.15) is 51.4 Å². The molecule has 0 aromatic carbocycles. The van der Waals surface area contributed by atoms with E-state index in [9.17, 15) is 5.26 Å². The number of hydrogen-bond acceptors (Lipinski definition) is 2. The second-order valence-electron chi connectivity index (χ2n) is 3.30. The van der Waals surface area contributed by atoms with Gasteiger partial charge in [-0.25, -0.2) is 4.98 Å². The van der Waals surface area contributed by atoms with E-state index in [1.807, 2.05) is 40.7 Å². The molecule has 0 N–H and O–H groups in total. The molecule has 0 bridgehead atoms. The van der Waals surface area contributed by atoms with E-state index in [-0.39, 0.29) is 0 Å². The third kappa shape index (κ3) is 5.24. The van der Waals surface area contributed by atoms with Crippen LogP contribution in [-0.2, 0) is 0 Å². The number of nitriles is 1. The van der Waals surface area contributed by atoms with Crippen molar-refractivity contribution in [3.8, 4) is 6.07 Å². The summed E-state index contributed by atoms with van der Waals surface area (Å²) in [5.41, 5.74) is 1.95. The van der Waals surface area contributed by atoms with Crippen LogP contribution in [0, 0.1) is 11.3 Å². The highest BCUT2D eigenvalue weighted by Gasteiger charge is 2.07. The molecule has 0 aliphatic rings. The topological polar surface area (TPSA) is 36.7 Å². The Balaban J connectivity index is 0. The summed E-state index contributed by atoms with van der Waals surface area (Å²) in [5, 5.41) is 10.8. The van der Waals surface area contributed by atoms with Crippen molar-refractivity contribution >= 4 is 24.3 Å². The van der Waals surface area contributed by atoms with E-state index in [1.54, 1.807) is 24.3 Å². The Morgan fingerprint density at radius 1 is 1.05 bits per heavy atom. The van der Waals surface area contributed by atoms with Crippen LogP contribution in [0.3, 0.4) is 0 Å². The van der Waals surface area contributed by atoms with E-state index in [0.29, 0.717) is 11.3 Å². The molecule has 2 heteroatoms. The minimum atomic E-state index is 0.570. The van der Waals surface area contributed by atoms with Gasteiger partial charge >= 0.3 is 0 Å². The largest absolute Gasteiger partial charge is 0.248 e. The van der Waals surface area contributed by atoms with Crippen molar-refractivity contribution in [2.45, 2.75) is 34.6 Å². The smallest absolute Gasteiger partial charge is 0.101 e. The third-order valence-electron chi connectivity index (χ3n) is 2.41. The molecule has 0 atom stereocenters. The highest BCUT2D eigenvalue weighted by Crippen LogP contribution is 2.09. The Hall–Kier alpha value is -2.40. The van der Waals surface area contributed by atoms with E-state index in [2.05, 4.69) is 30.8 Å². The number of hydrogen-bond donors (Lipinski definition) is 0. The van der Waals surface area contributed by atoms with Crippen LogP contribution < -0.4 is 10.6 Å². The molecule has 1 rings (SSSR count). The summed E-state index contributed by atoms with van der Waals surface area (Å²) in [6.07, 6.45) is 8.54. The van der Waals surface area contributed by atoms with E-state index in [0.717, 1.165) is 16.1 Å². The van der Waals surface area contributed by atoms with Gasteiger partial charge in [-0.2, -0.15) is 5.26 Å². The molecule has 0 aliphatic heterocycles. The Morgan fingerprint density at radius 2 is 1.62 bits per heavy atom. The zero-order valence-electron chi connectivity index (χ0n) is 13.9. The second kappa shape index (κ2) is 12.6. The Labute approximate surface area is 129 Å². The molecule has 0 saturated carbocycles. The van der Waals surface area contributed by atoms with Crippen molar-refractivity contribution in [2.75, 3.05) is 0 Å². The first-order valence-electron chi connectivity index (χ1n) is 7.21.